The van der Waals surface area contributed by atoms with Crippen LogP contribution in [0.2, 0.25) is 0 Å². The summed E-state index contributed by atoms with van der Waals surface area (Å²) in [5.41, 5.74) is 5.65. The van der Waals surface area contributed by atoms with Crippen molar-refractivity contribution in [1.82, 2.24) is 9.78 Å². The summed E-state index contributed by atoms with van der Waals surface area (Å²) in [7, 11) is 0. The predicted octanol–water partition coefficient (Wildman–Crippen LogP) is 1.30. The second kappa shape index (κ2) is 3.35. The third-order valence-corrected chi connectivity index (χ3v) is 1.90. The van der Waals surface area contributed by atoms with Crippen LogP contribution in [-0.2, 0) is 13.0 Å². The molecule has 2 rings (SSSR count). The molecule has 0 aliphatic carbocycles. The molecule has 0 radical (unpaired) electrons. The van der Waals surface area contributed by atoms with E-state index in [0.717, 1.165) is 18.7 Å². The van der Waals surface area contributed by atoms with Crippen LogP contribution in [0, 0.1) is 0 Å². The van der Waals surface area contributed by atoms with E-state index in [1.165, 1.54) is 0 Å². The van der Waals surface area contributed by atoms with Crippen molar-refractivity contribution in [3.8, 4) is 0 Å². The van der Waals surface area contributed by atoms with Gasteiger partial charge in [-0.25, -0.2) is 4.68 Å². The molecule has 0 aromatic carbocycles. The van der Waals surface area contributed by atoms with Gasteiger partial charge in [0.2, 0.25) is 0 Å². The Labute approximate surface area is 76.0 Å². The molecule has 0 saturated heterocycles. The van der Waals surface area contributed by atoms with Crippen molar-refractivity contribution >= 4 is 5.82 Å². The number of aromatic nitrogens is 2. The number of nitrogens with zero attached hydrogens (tertiary/aromatic N) is 2. The van der Waals surface area contributed by atoms with E-state index in [1.54, 1.807) is 23.2 Å². The molecule has 0 atom stereocenters. The van der Waals surface area contributed by atoms with Gasteiger partial charge >= 0.3 is 0 Å². The van der Waals surface area contributed by atoms with Crippen molar-refractivity contribution in [2.24, 2.45) is 0 Å². The molecule has 0 aliphatic heterocycles. The Kier molecular flexibility index (Phi) is 2.04. The van der Waals surface area contributed by atoms with Gasteiger partial charge < -0.3 is 10.2 Å². The second-order valence-corrected chi connectivity index (χ2v) is 2.81. The van der Waals surface area contributed by atoms with Crippen LogP contribution in [-0.4, -0.2) is 9.78 Å². The molecule has 4 heteroatoms. The Balaban J connectivity index is 1.97. The van der Waals surface area contributed by atoms with Crippen molar-refractivity contribution in [2.75, 3.05) is 5.73 Å². The molecule has 4 nitrogen and oxygen atoms in total. The molecule has 2 aromatic rings. The molecule has 68 valence electrons. The number of furan rings is 1. The maximum absolute atomic E-state index is 5.65. The van der Waals surface area contributed by atoms with E-state index >= 15 is 0 Å². The van der Waals surface area contributed by atoms with Crippen molar-refractivity contribution in [1.29, 1.82) is 0 Å². The van der Waals surface area contributed by atoms with Gasteiger partial charge in [0.05, 0.1) is 19.0 Å². The largest absolute Gasteiger partial charge is 0.469 e. The lowest BCUT2D eigenvalue weighted by molar-refractivity contribution is 0.482. The number of aryl methyl sites for hydroxylation is 2. The van der Waals surface area contributed by atoms with Crippen LogP contribution in [0.25, 0.3) is 0 Å². The van der Waals surface area contributed by atoms with Crippen LogP contribution in [0.5, 0.6) is 0 Å². The first-order valence-corrected chi connectivity index (χ1v) is 4.16. The Morgan fingerprint density at radius 1 is 1.46 bits per heavy atom. The highest BCUT2D eigenvalue weighted by Crippen LogP contribution is 2.05. The third-order valence-electron chi connectivity index (χ3n) is 1.90. The van der Waals surface area contributed by atoms with Crippen molar-refractivity contribution in [3.05, 3.63) is 36.4 Å². The minimum atomic E-state index is 0.687. The molecule has 2 heterocycles. The summed E-state index contributed by atoms with van der Waals surface area (Å²) < 4.78 is 6.94. The topological polar surface area (TPSA) is 57.0 Å². The summed E-state index contributed by atoms with van der Waals surface area (Å²) in [5, 5.41) is 4.07. The Morgan fingerprint density at radius 2 is 2.38 bits per heavy atom. The fraction of sp³-hybridized carbons (Fsp3) is 0.222. The summed E-state index contributed by atoms with van der Waals surface area (Å²) in [5.74, 6) is 1.64. The van der Waals surface area contributed by atoms with Gasteiger partial charge in [-0.1, -0.05) is 0 Å². The maximum Gasteiger partial charge on any atom is 0.121 e. The normalized spacial score (nSPS) is 10.5. The fourth-order valence-electron chi connectivity index (χ4n) is 1.20. The average Bonchev–Trinajstić information content (AvgIpc) is 2.72. The van der Waals surface area contributed by atoms with Crippen molar-refractivity contribution in [2.45, 2.75) is 13.0 Å². The molecule has 0 saturated carbocycles. The summed E-state index contributed by atoms with van der Waals surface area (Å²) in [6.07, 6.45) is 4.18. The number of rotatable bonds is 3. The highest BCUT2D eigenvalue weighted by atomic mass is 16.3. The van der Waals surface area contributed by atoms with Crippen molar-refractivity contribution < 1.29 is 4.42 Å². The van der Waals surface area contributed by atoms with E-state index in [-0.39, 0.29) is 0 Å². The van der Waals surface area contributed by atoms with Gasteiger partial charge in [0.25, 0.3) is 0 Å². The average molecular weight is 177 g/mol. The van der Waals surface area contributed by atoms with Gasteiger partial charge in [-0.15, -0.1) is 0 Å². The monoisotopic (exact) mass is 177 g/mol. The van der Waals surface area contributed by atoms with E-state index < -0.39 is 0 Å². The van der Waals surface area contributed by atoms with E-state index in [2.05, 4.69) is 5.10 Å². The number of nitrogens with two attached hydrogens (primary N) is 1. The van der Waals surface area contributed by atoms with E-state index in [4.69, 9.17) is 10.2 Å². The minimum Gasteiger partial charge on any atom is -0.469 e. The molecular weight excluding hydrogens is 166 g/mol. The summed E-state index contributed by atoms with van der Waals surface area (Å²) in [4.78, 5) is 0. The number of anilines is 1. The minimum absolute atomic E-state index is 0.687. The van der Waals surface area contributed by atoms with Gasteiger partial charge in [0.15, 0.2) is 0 Å². The number of hydrogen-bond donors (Lipinski definition) is 1. The Morgan fingerprint density at radius 3 is 3.00 bits per heavy atom. The predicted molar refractivity (Wildman–Crippen MR) is 49.1 cm³/mol. The Hall–Kier alpha value is -1.71. The lowest BCUT2D eigenvalue weighted by Crippen LogP contribution is -2.06. The molecule has 0 fully saturated rings. The van der Waals surface area contributed by atoms with E-state index in [0.29, 0.717) is 5.82 Å². The van der Waals surface area contributed by atoms with E-state index in [9.17, 15) is 0 Å². The molecule has 2 aromatic heterocycles. The second-order valence-electron chi connectivity index (χ2n) is 2.81. The van der Waals surface area contributed by atoms with Gasteiger partial charge in [0, 0.05) is 6.42 Å². The standard InChI is InChI=1S/C9H11N3O/c10-9-3-5-11-12(9)6-4-8-2-1-7-13-8/h1-3,5,7H,4,6,10H2. The maximum atomic E-state index is 5.65. The number of nitrogen functional groups attached to an aromatic ring is 1. The van der Waals surface area contributed by atoms with E-state index in [1.807, 2.05) is 12.1 Å². The first-order valence-electron chi connectivity index (χ1n) is 4.16. The quantitative estimate of drug-likeness (QED) is 0.768. The zero-order valence-electron chi connectivity index (χ0n) is 7.18. The van der Waals surface area contributed by atoms with Gasteiger partial charge in [-0.05, 0) is 18.2 Å². The molecule has 13 heavy (non-hydrogen) atoms. The first kappa shape index (κ1) is 7.91. The van der Waals surface area contributed by atoms with Crippen LogP contribution in [0.3, 0.4) is 0 Å². The highest BCUT2D eigenvalue weighted by Gasteiger charge is 1.99. The highest BCUT2D eigenvalue weighted by molar-refractivity contribution is 5.25. The molecule has 0 spiro atoms. The molecule has 2 N–H and O–H groups in total. The molecule has 0 unspecified atom stereocenters. The number of hydrogen-bond acceptors (Lipinski definition) is 3. The van der Waals surface area contributed by atoms with Crippen molar-refractivity contribution in [3.63, 3.8) is 0 Å². The summed E-state index contributed by atoms with van der Waals surface area (Å²) >= 11 is 0. The first-order chi connectivity index (χ1) is 6.36. The van der Waals surface area contributed by atoms with Crippen LogP contribution in [0.1, 0.15) is 5.76 Å². The smallest absolute Gasteiger partial charge is 0.121 e. The van der Waals surface area contributed by atoms with Crippen LogP contribution in [0.15, 0.2) is 35.1 Å². The summed E-state index contributed by atoms with van der Waals surface area (Å²) in [6.45, 7) is 0.756. The third kappa shape index (κ3) is 1.72. The van der Waals surface area contributed by atoms with Crippen LogP contribution < -0.4 is 5.73 Å². The molecular formula is C9H11N3O. The van der Waals surface area contributed by atoms with Gasteiger partial charge in [-0.3, -0.25) is 0 Å². The van der Waals surface area contributed by atoms with Crippen LogP contribution >= 0.6 is 0 Å². The Bertz CT molecular complexity index is 364. The SMILES string of the molecule is Nc1ccnn1CCc1ccco1. The molecule has 0 aliphatic rings. The summed E-state index contributed by atoms with van der Waals surface area (Å²) in [6, 6.07) is 5.60. The zero-order valence-corrected chi connectivity index (χ0v) is 7.18. The lowest BCUT2D eigenvalue weighted by atomic mass is 10.3. The fourth-order valence-corrected chi connectivity index (χ4v) is 1.20. The lowest BCUT2D eigenvalue weighted by Gasteiger charge is -2.01. The van der Waals surface area contributed by atoms with Gasteiger partial charge in [0.1, 0.15) is 11.6 Å². The van der Waals surface area contributed by atoms with Gasteiger partial charge in [-0.2, -0.15) is 5.10 Å². The molecule has 0 amide bonds. The molecule has 0 bridgehead atoms. The zero-order chi connectivity index (χ0) is 9.10. The van der Waals surface area contributed by atoms with Crippen LogP contribution in [0.4, 0.5) is 5.82 Å².